The molecule has 0 saturated heterocycles. The van der Waals surface area contributed by atoms with Gasteiger partial charge in [0.1, 0.15) is 0 Å². The number of amides is 1. The molecular formula is C23H30N4OS. The molecule has 4 bridgehead atoms. The summed E-state index contributed by atoms with van der Waals surface area (Å²) in [7, 11) is 1.98. The number of nitrogens with zero attached hydrogens (tertiary/aromatic N) is 3. The van der Waals surface area contributed by atoms with Crippen LogP contribution in [0.3, 0.4) is 0 Å². The number of hydrogen-bond donors (Lipinski definition) is 1. The van der Waals surface area contributed by atoms with Gasteiger partial charge in [0.05, 0.1) is 5.25 Å². The van der Waals surface area contributed by atoms with Gasteiger partial charge in [-0.15, -0.1) is 10.2 Å². The molecule has 6 heteroatoms. The summed E-state index contributed by atoms with van der Waals surface area (Å²) in [5.74, 6) is 3.50. The van der Waals surface area contributed by atoms with E-state index in [1.807, 2.05) is 30.7 Å². The summed E-state index contributed by atoms with van der Waals surface area (Å²) in [5.41, 5.74) is 2.32. The molecular weight excluding hydrogens is 380 g/mol. The van der Waals surface area contributed by atoms with Gasteiger partial charge in [-0.05, 0) is 75.7 Å². The predicted molar refractivity (Wildman–Crippen MR) is 116 cm³/mol. The van der Waals surface area contributed by atoms with Crippen molar-refractivity contribution in [3.63, 3.8) is 0 Å². The third-order valence-corrected chi connectivity index (χ3v) is 8.43. The Kier molecular flexibility index (Phi) is 4.72. The Bertz CT molecular complexity index is 901. The van der Waals surface area contributed by atoms with Gasteiger partial charge in [0.2, 0.25) is 5.91 Å². The second-order valence-electron chi connectivity index (χ2n) is 9.63. The summed E-state index contributed by atoms with van der Waals surface area (Å²) in [6.07, 6.45) is 7.72. The highest BCUT2D eigenvalue weighted by Crippen LogP contribution is 2.55. The van der Waals surface area contributed by atoms with Gasteiger partial charge < -0.3 is 9.88 Å². The molecule has 154 valence electrons. The van der Waals surface area contributed by atoms with Gasteiger partial charge >= 0.3 is 0 Å². The lowest BCUT2D eigenvalue weighted by molar-refractivity contribution is -0.126. The summed E-state index contributed by atoms with van der Waals surface area (Å²) >= 11 is 1.51. The number of carbonyl (C=O) groups excluding carboxylic acids is 1. The van der Waals surface area contributed by atoms with Crippen molar-refractivity contribution in [2.75, 3.05) is 0 Å². The quantitative estimate of drug-likeness (QED) is 0.744. The van der Waals surface area contributed by atoms with E-state index in [1.165, 1.54) is 55.9 Å². The number of hydrogen-bond acceptors (Lipinski definition) is 4. The molecule has 1 aromatic carbocycles. The minimum Gasteiger partial charge on any atom is -0.350 e. The highest BCUT2D eigenvalue weighted by Gasteiger charge is 2.51. The molecule has 1 unspecified atom stereocenters. The number of rotatable bonds is 5. The number of aromatic nitrogens is 3. The van der Waals surface area contributed by atoms with E-state index < -0.39 is 0 Å². The Labute approximate surface area is 177 Å². The molecule has 4 aliphatic carbocycles. The van der Waals surface area contributed by atoms with Crippen molar-refractivity contribution in [1.29, 1.82) is 0 Å². The Morgan fingerprint density at radius 3 is 2.38 bits per heavy atom. The largest absolute Gasteiger partial charge is 0.350 e. The van der Waals surface area contributed by atoms with Gasteiger partial charge in [-0.25, -0.2) is 0 Å². The van der Waals surface area contributed by atoms with E-state index in [9.17, 15) is 4.79 Å². The Balaban J connectivity index is 1.28. The van der Waals surface area contributed by atoms with Crippen LogP contribution in [0.4, 0.5) is 0 Å². The van der Waals surface area contributed by atoms with E-state index in [0.29, 0.717) is 0 Å². The standard InChI is InChI=1S/C23H30N4OS/c1-14-6-4-5-7-19(14)20-25-26-22(27(20)3)29-15(2)21(28)24-23-11-16-8-17(12-23)10-18(9-16)13-23/h4-7,15-18H,8-13H2,1-3H3,(H,24,28). The van der Waals surface area contributed by atoms with Crippen LogP contribution in [0.15, 0.2) is 29.4 Å². The minimum atomic E-state index is -0.185. The molecule has 1 N–H and O–H groups in total. The first-order valence-electron chi connectivity index (χ1n) is 10.9. The lowest BCUT2D eigenvalue weighted by Gasteiger charge is -2.57. The van der Waals surface area contributed by atoms with Crippen LogP contribution in [0.25, 0.3) is 11.4 Å². The zero-order valence-electron chi connectivity index (χ0n) is 17.5. The van der Waals surface area contributed by atoms with Gasteiger partial charge in [0.25, 0.3) is 0 Å². The van der Waals surface area contributed by atoms with E-state index in [4.69, 9.17) is 0 Å². The third kappa shape index (κ3) is 3.49. The van der Waals surface area contributed by atoms with Crippen molar-refractivity contribution in [3.05, 3.63) is 29.8 Å². The number of aryl methyl sites for hydroxylation is 1. The maximum atomic E-state index is 13.1. The van der Waals surface area contributed by atoms with Gasteiger partial charge in [0.15, 0.2) is 11.0 Å². The lowest BCUT2D eigenvalue weighted by Crippen LogP contribution is -2.60. The number of nitrogens with one attached hydrogen (secondary N) is 1. The second kappa shape index (κ2) is 7.15. The topological polar surface area (TPSA) is 59.8 Å². The predicted octanol–water partition coefficient (Wildman–Crippen LogP) is 4.36. The van der Waals surface area contributed by atoms with Crippen LogP contribution < -0.4 is 5.32 Å². The van der Waals surface area contributed by atoms with Gasteiger partial charge in [-0.2, -0.15) is 0 Å². The molecule has 1 atom stereocenters. The van der Waals surface area contributed by atoms with Crippen molar-refractivity contribution in [2.45, 2.75) is 68.3 Å². The molecule has 4 saturated carbocycles. The van der Waals surface area contributed by atoms with E-state index in [0.717, 1.165) is 34.3 Å². The smallest absolute Gasteiger partial charge is 0.233 e. The fourth-order valence-electron chi connectivity index (χ4n) is 6.31. The highest BCUT2D eigenvalue weighted by atomic mass is 32.2. The van der Waals surface area contributed by atoms with Crippen molar-refractivity contribution in [2.24, 2.45) is 24.8 Å². The van der Waals surface area contributed by atoms with Crippen LogP contribution in [0.2, 0.25) is 0 Å². The summed E-state index contributed by atoms with van der Waals surface area (Å²) in [5, 5.41) is 12.9. The van der Waals surface area contributed by atoms with Gasteiger partial charge in [-0.1, -0.05) is 36.0 Å². The highest BCUT2D eigenvalue weighted by molar-refractivity contribution is 8.00. The number of benzene rings is 1. The maximum Gasteiger partial charge on any atom is 0.233 e. The zero-order valence-corrected chi connectivity index (χ0v) is 18.3. The molecule has 1 heterocycles. The van der Waals surface area contributed by atoms with Gasteiger partial charge in [0, 0.05) is 18.2 Å². The average Bonchev–Trinajstić information content (AvgIpc) is 3.01. The first-order chi connectivity index (χ1) is 13.9. The summed E-state index contributed by atoms with van der Waals surface area (Å²) in [6.45, 7) is 4.07. The zero-order chi connectivity index (χ0) is 20.2. The van der Waals surface area contributed by atoms with Crippen LogP contribution in [0.1, 0.15) is 51.0 Å². The molecule has 1 aromatic heterocycles. The molecule has 0 spiro atoms. The summed E-state index contributed by atoms with van der Waals surface area (Å²) in [6, 6.07) is 8.20. The van der Waals surface area contributed by atoms with Crippen LogP contribution >= 0.6 is 11.8 Å². The molecule has 29 heavy (non-hydrogen) atoms. The fraction of sp³-hybridized carbons (Fsp3) is 0.609. The van der Waals surface area contributed by atoms with Crippen LogP contribution in [0.5, 0.6) is 0 Å². The first-order valence-corrected chi connectivity index (χ1v) is 11.7. The summed E-state index contributed by atoms with van der Waals surface area (Å²) in [4.78, 5) is 13.1. The molecule has 1 amide bonds. The van der Waals surface area contributed by atoms with Crippen molar-refractivity contribution in [3.8, 4) is 11.4 Å². The van der Waals surface area contributed by atoms with Crippen molar-refractivity contribution >= 4 is 17.7 Å². The lowest BCUT2D eigenvalue weighted by atomic mass is 9.53. The summed E-state index contributed by atoms with van der Waals surface area (Å²) < 4.78 is 2.00. The van der Waals surface area contributed by atoms with Crippen LogP contribution in [-0.4, -0.2) is 31.5 Å². The van der Waals surface area contributed by atoms with E-state index in [2.05, 4.69) is 34.6 Å². The van der Waals surface area contributed by atoms with Gasteiger partial charge in [-0.3, -0.25) is 4.79 Å². The molecule has 4 aliphatic rings. The number of thioether (sulfide) groups is 1. The molecule has 0 aliphatic heterocycles. The van der Waals surface area contributed by atoms with E-state index in [1.54, 1.807) is 0 Å². The number of carbonyl (C=O) groups is 1. The monoisotopic (exact) mass is 410 g/mol. The Morgan fingerprint density at radius 2 is 1.76 bits per heavy atom. The minimum absolute atomic E-state index is 0.0624. The molecule has 5 nitrogen and oxygen atoms in total. The second-order valence-corrected chi connectivity index (χ2v) is 10.9. The fourth-order valence-corrected chi connectivity index (χ4v) is 7.13. The van der Waals surface area contributed by atoms with Crippen molar-refractivity contribution < 1.29 is 4.79 Å². The van der Waals surface area contributed by atoms with Crippen LogP contribution in [0, 0.1) is 24.7 Å². The van der Waals surface area contributed by atoms with E-state index >= 15 is 0 Å². The van der Waals surface area contributed by atoms with Crippen molar-refractivity contribution in [1.82, 2.24) is 20.1 Å². The Morgan fingerprint density at radius 1 is 1.14 bits per heavy atom. The van der Waals surface area contributed by atoms with Crippen LogP contribution in [-0.2, 0) is 11.8 Å². The molecule has 0 radical (unpaired) electrons. The van der Waals surface area contributed by atoms with E-state index in [-0.39, 0.29) is 16.7 Å². The molecule has 2 aromatic rings. The molecule has 6 rings (SSSR count). The SMILES string of the molecule is Cc1ccccc1-c1nnc(SC(C)C(=O)NC23CC4CC(CC(C4)C2)C3)n1C. The Hall–Kier alpha value is -1.82. The third-order valence-electron chi connectivity index (χ3n) is 7.30. The normalized spacial score (nSPS) is 31.1. The first kappa shape index (κ1) is 19.2. The average molecular weight is 411 g/mol. The maximum absolute atomic E-state index is 13.1. The molecule has 4 fully saturated rings.